The number of alkyl halides is 1. The largest absolute Gasteiger partial charge is 0.457 e. The molecule has 16 heavy (non-hydrogen) atoms. The average molecular weight is 233 g/mol. The van der Waals surface area contributed by atoms with E-state index in [1.54, 1.807) is 0 Å². The Morgan fingerprint density at radius 3 is 2.44 bits per heavy atom. The van der Waals surface area contributed by atoms with Crippen molar-refractivity contribution in [1.82, 2.24) is 0 Å². The van der Waals surface area contributed by atoms with E-state index in [0.717, 1.165) is 22.6 Å². The van der Waals surface area contributed by atoms with Crippen molar-refractivity contribution in [2.45, 2.75) is 12.8 Å². The summed E-state index contributed by atoms with van der Waals surface area (Å²) >= 11 is 5.82. The van der Waals surface area contributed by atoms with Crippen molar-refractivity contribution in [3.63, 3.8) is 0 Å². The average Bonchev–Trinajstić information content (AvgIpc) is 2.29. The van der Waals surface area contributed by atoms with E-state index >= 15 is 0 Å². The van der Waals surface area contributed by atoms with E-state index in [0.29, 0.717) is 5.88 Å². The predicted octanol–water partition coefficient (Wildman–Crippen LogP) is 4.53. The van der Waals surface area contributed by atoms with Crippen molar-refractivity contribution in [3.8, 4) is 11.5 Å². The molecule has 0 aliphatic rings. The van der Waals surface area contributed by atoms with Crippen LogP contribution in [0.1, 0.15) is 11.1 Å². The lowest BCUT2D eigenvalue weighted by Crippen LogP contribution is -1.87. The minimum atomic E-state index is 0.507. The highest BCUT2D eigenvalue weighted by Gasteiger charge is 2.00. The molecule has 0 saturated carbocycles. The van der Waals surface area contributed by atoms with Crippen LogP contribution in [0.4, 0.5) is 0 Å². The molecule has 0 heterocycles. The Balaban J connectivity index is 2.24. The van der Waals surface area contributed by atoms with Gasteiger partial charge < -0.3 is 4.74 Å². The SMILES string of the molecule is Cc1cc(CCl)cc(Oc2ccccc2)c1. The van der Waals surface area contributed by atoms with E-state index in [-0.39, 0.29) is 0 Å². The van der Waals surface area contributed by atoms with Crippen molar-refractivity contribution < 1.29 is 4.74 Å². The molecule has 0 N–H and O–H groups in total. The van der Waals surface area contributed by atoms with Crippen LogP contribution in [0.15, 0.2) is 48.5 Å². The van der Waals surface area contributed by atoms with E-state index < -0.39 is 0 Å². The number of ether oxygens (including phenoxy) is 1. The summed E-state index contributed by atoms with van der Waals surface area (Å²) in [6.07, 6.45) is 0. The number of hydrogen-bond donors (Lipinski definition) is 0. The molecule has 1 nitrogen and oxygen atoms in total. The topological polar surface area (TPSA) is 9.23 Å². The van der Waals surface area contributed by atoms with Crippen LogP contribution in [0.25, 0.3) is 0 Å². The van der Waals surface area contributed by atoms with Crippen LogP contribution in [-0.2, 0) is 5.88 Å². The maximum absolute atomic E-state index is 5.82. The molecule has 0 aliphatic heterocycles. The Labute approximate surface area is 101 Å². The first kappa shape index (κ1) is 11.0. The van der Waals surface area contributed by atoms with Gasteiger partial charge in [-0.2, -0.15) is 0 Å². The molecule has 0 bridgehead atoms. The molecule has 2 heteroatoms. The summed E-state index contributed by atoms with van der Waals surface area (Å²) < 4.78 is 5.74. The van der Waals surface area contributed by atoms with Gasteiger partial charge in [0.2, 0.25) is 0 Å². The van der Waals surface area contributed by atoms with Crippen molar-refractivity contribution in [2.24, 2.45) is 0 Å². The molecule has 2 rings (SSSR count). The van der Waals surface area contributed by atoms with Gasteiger partial charge in [0.1, 0.15) is 11.5 Å². The molecule has 0 amide bonds. The Morgan fingerprint density at radius 1 is 1.00 bits per heavy atom. The summed E-state index contributed by atoms with van der Waals surface area (Å²) in [6.45, 7) is 2.04. The fourth-order valence-corrected chi connectivity index (χ4v) is 1.74. The molecule has 0 spiro atoms. The highest BCUT2D eigenvalue weighted by molar-refractivity contribution is 6.17. The summed E-state index contributed by atoms with van der Waals surface area (Å²) in [5, 5.41) is 0. The zero-order chi connectivity index (χ0) is 11.4. The Kier molecular flexibility index (Phi) is 3.47. The van der Waals surface area contributed by atoms with Crippen molar-refractivity contribution in [3.05, 3.63) is 59.7 Å². The number of para-hydroxylation sites is 1. The Morgan fingerprint density at radius 2 is 1.75 bits per heavy atom. The van der Waals surface area contributed by atoms with Gasteiger partial charge in [-0.15, -0.1) is 11.6 Å². The van der Waals surface area contributed by atoms with Gasteiger partial charge in [0.15, 0.2) is 0 Å². The lowest BCUT2D eigenvalue weighted by atomic mass is 10.1. The van der Waals surface area contributed by atoms with E-state index in [9.17, 15) is 0 Å². The lowest BCUT2D eigenvalue weighted by molar-refractivity contribution is 0.482. The van der Waals surface area contributed by atoms with Crippen LogP contribution in [-0.4, -0.2) is 0 Å². The highest BCUT2D eigenvalue weighted by Crippen LogP contribution is 2.24. The minimum absolute atomic E-state index is 0.507. The molecule has 0 radical (unpaired) electrons. The first-order valence-electron chi connectivity index (χ1n) is 5.17. The monoisotopic (exact) mass is 232 g/mol. The van der Waals surface area contributed by atoms with E-state index in [1.165, 1.54) is 0 Å². The van der Waals surface area contributed by atoms with E-state index in [4.69, 9.17) is 16.3 Å². The van der Waals surface area contributed by atoms with Gasteiger partial charge in [-0.25, -0.2) is 0 Å². The van der Waals surface area contributed by atoms with Crippen molar-refractivity contribution >= 4 is 11.6 Å². The first-order valence-corrected chi connectivity index (χ1v) is 5.71. The number of aryl methyl sites for hydroxylation is 1. The van der Waals surface area contributed by atoms with Crippen LogP contribution in [0.3, 0.4) is 0 Å². The quantitative estimate of drug-likeness (QED) is 0.707. The molecule has 0 saturated heterocycles. The van der Waals surface area contributed by atoms with Gasteiger partial charge in [-0.05, 0) is 42.3 Å². The van der Waals surface area contributed by atoms with Gasteiger partial charge >= 0.3 is 0 Å². The molecule has 2 aromatic rings. The second-order valence-corrected chi connectivity index (χ2v) is 3.97. The smallest absolute Gasteiger partial charge is 0.128 e. The minimum Gasteiger partial charge on any atom is -0.457 e. The van der Waals surface area contributed by atoms with Crippen LogP contribution < -0.4 is 4.74 Å². The second kappa shape index (κ2) is 5.04. The van der Waals surface area contributed by atoms with Crippen LogP contribution >= 0.6 is 11.6 Å². The summed E-state index contributed by atoms with van der Waals surface area (Å²) in [6, 6.07) is 15.8. The van der Waals surface area contributed by atoms with E-state index in [2.05, 4.69) is 6.07 Å². The van der Waals surface area contributed by atoms with E-state index in [1.807, 2.05) is 49.4 Å². The number of rotatable bonds is 3. The third kappa shape index (κ3) is 2.77. The van der Waals surface area contributed by atoms with Gasteiger partial charge in [0.05, 0.1) is 0 Å². The number of halogens is 1. The maximum atomic E-state index is 5.82. The summed E-state index contributed by atoms with van der Waals surface area (Å²) in [5.41, 5.74) is 2.23. The molecule has 0 unspecified atom stereocenters. The first-order chi connectivity index (χ1) is 7.78. The maximum Gasteiger partial charge on any atom is 0.128 e. The second-order valence-electron chi connectivity index (χ2n) is 3.70. The molecular formula is C14H13ClO. The third-order valence-electron chi connectivity index (χ3n) is 2.24. The molecule has 2 aromatic carbocycles. The van der Waals surface area contributed by atoms with Gasteiger partial charge in [0.25, 0.3) is 0 Å². The number of hydrogen-bond acceptors (Lipinski definition) is 1. The van der Waals surface area contributed by atoms with Crippen molar-refractivity contribution in [1.29, 1.82) is 0 Å². The fraction of sp³-hybridized carbons (Fsp3) is 0.143. The summed E-state index contributed by atoms with van der Waals surface area (Å²) in [5.74, 6) is 2.18. The lowest BCUT2D eigenvalue weighted by Gasteiger charge is -2.08. The standard InChI is InChI=1S/C14H13ClO/c1-11-7-12(10-15)9-14(8-11)16-13-5-3-2-4-6-13/h2-9H,10H2,1H3. The highest BCUT2D eigenvalue weighted by atomic mass is 35.5. The Bertz CT molecular complexity index is 465. The van der Waals surface area contributed by atoms with Crippen LogP contribution in [0, 0.1) is 6.92 Å². The number of benzene rings is 2. The molecular weight excluding hydrogens is 220 g/mol. The van der Waals surface area contributed by atoms with Crippen LogP contribution in [0.2, 0.25) is 0 Å². The Hall–Kier alpha value is -1.47. The molecule has 0 atom stereocenters. The van der Waals surface area contributed by atoms with Gasteiger partial charge in [-0.1, -0.05) is 24.3 Å². The molecule has 82 valence electrons. The summed E-state index contributed by atoms with van der Waals surface area (Å²) in [7, 11) is 0. The molecule has 0 aromatic heterocycles. The van der Waals surface area contributed by atoms with Crippen molar-refractivity contribution in [2.75, 3.05) is 0 Å². The normalized spacial score (nSPS) is 10.1. The van der Waals surface area contributed by atoms with Crippen LogP contribution in [0.5, 0.6) is 11.5 Å². The van der Waals surface area contributed by atoms with Gasteiger partial charge in [-0.3, -0.25) is 0 Å². The predicted molar refractivity (Wildman–Crippen MR) is 67.3 cm³/mol. The zero-order valence-electron chi connectivity index (χ0n) is 9.11. The van der Waals surface area contributed by atoms with Gasteiger partial charge in [0, 0.05) is 5.88 Å². The zero-order valence-corrected chi connectivity index (χ0v) is 9.87. The fourth-order valence-electron chi connectivity index (χ4n) is 1.59. The summed E-state index contributed by atoms with van der Waals surface area (Å²) in [4.78, 5) is 0. The molecule has 0 aliphatic carbocycles. The molecule has 0 fully saturated rings. The third-order valence-corrected chi connectivity index (χ3v) is 2.55.